The molecule has 0 unspecified atom stereocenters. The van der Waals surface area contributed by atoms with Crippen LogP contribution in [0.4, 0.5) is 17.2 Å². The van der Waals surface area contributed by atoms with Gasteiger partial charge in [-0.25, -0.2) is 12.7 Å². The first-order chi connectivity index (χ1) is 11.5. The standard InChI is InChI=1S/C17H19N3O3S/c1-3-10-24(22,23)20-15-8-7-14(11-13(15)12-17(20)21)19(4-2)16-6-5-9-18-16/h3,5-9,11,18H,1,4,10,12H2,2H3. The molecule has 0 aliphatic carbocycles. The summed E-state index contributed by atoms with van der Waals surface area (Å²) in [6.07, 6.45) is 3.22. The predicted molar refractivity (Wildman–Crippen MR) is 95.1 cm³/mol. The van der Waals surface area contributed by atoms with Crippen molar-refractivity contribution in [2.24, 2.45) is 0 Å². The summed E-state index contributed by atoms with van der Waals surface area (Å²) in [6, 6.07) is 9.28. The van der Waals surface area contributed by atoms with Crippen molar-refractivity contribution in [3.05, 3.63) is 54.7 Å². The average Bonchev–Trinajstić information content (AvgIpc) is 3.14. The molecule has 1 aliphatic rings. The minimum atomic E-state index is -3.71. The molecular formula is C17H19N3O3S. The number of amides is 1. The van der Waals surface area contributed by atoms with E-state index in [1.807, 2.05) is 37.4 Å². The molecule has 24 heavy (non-hydrogen) atoms. The Labute approximate surface area is 141 Å². The summed E-state index contributed by atoms with van der Waals surface area (Å²) < 4.78 is 25.5. The molecule has 7 heteroatoms. The van der Waals surface area contributed by atoms with E-state index in [-0.39, 0.29) is 12.2 Å². The third kappa shape index (κ3) is 2.71. The van der Waals surface area contributed by atoms with Gasteiger partial charge in [-0.2, -0.15) is 0 Å². The molecule has 0 radical (unpaired) electrons. The average molecular weight is 345 g/mol. The summed E-state index contributed by atoms with van der Waals surface area (Å²) in [5.74, 6) is 0.258. The van der Waals surface area contributed by atoms with Crippen LogP contribution < -0.4 is 9.21 Å². The Morgan fingerprint density at radius 1 is 1.38 bits per heavy atom. The van der Waals surface area contributed by atoms with E-state index < -0.39 is 15.9 Å². The number of carbonyl (C=O) groups excluding carboxylic acids is 1. The van der Waals surface area contributed by atoms with E-state index in [9.17, 15) is 13.2 Å². The molecule has 1 aromatic carbocycles. The van der Waals surface area contributed by atoms with Gasteiger partial charge in [0.05, 0.1) is 17.9 Å². The highest BCUT2D eigenvalue weighted by Gasteiger charge is 2.36. The second-order valence-electron chi connectivity index (χ2n) is 5.51. The molecule has 0 saturated carbocycles. The number of rotatable bonds is 6. The van der Waals surface area contributed by atoms with Gasteiger partial charge < -0.3 is 9.88 Å². The Morgan fingerprint density at radius 3 is 2.79 bits per heavy atom. The molecular weight excluding hydrogens is 326 g/mol. The van der Waals surface area contributed by atoms with Crippen molar-refractivity contribution in [2.75, 3.05) is 21.5 Å². The van der Waals surface area contributed by atoms with Crippen LogP contribution >= 0.6 is 0 Å². The van der Waals surface area contributed by atoms with Crippen molar-refractivity contribution in [3.63, 3.8) is 0 Å². The molecule has 1 aromatic heterocycles. The molecule has 0 spiro atoms. The highest BCUT2D eigenvalue weighted by molar-refractivity contribution is 7.93. The number of fused-ring (bicyclic) bond motifs is 1. The lowest BCUT2D eigenvalue weighted by molar-refractivity contribution is -0.116. The summed E-state index contributed by atoms with van der Waals surface area (Å²) in [7, 11) is -3.71. The van der Waals surface area contributed by atoms with Gasteiger partial charge in [0.1, 0.15) is 5.82 Å². The Bertz CT molecular complexity index is 872. The Morgan fingerprint density at radius 2 is 2.17 bits per heavy atom. The van der Waals surface area contributed by atoms with Crippen molar-refractivity contribution in [3.8, 4) is 0 Å². The molecule has 2 heterocycles. The molecule has 0 saturated heterocycles. The van der Waals surface area contributed by atoms with Gasteiger partial charge in [-0.05, 0) is 42.8 Å². The fraction of sp³-hybridized carbons (Fsp3) is 0.235. The lowest BCUT2D eigenvalue weighted by Crippen LogP contribution is -2.35. The second kappa shape index (κ2) is 6.16. The SMILES string of the molecule is C=CCS(=O)(=O)N1C(=O)Cc2cc(N(CC)c3ccc[nH]3)ccc21. The lowest BCUT2D eigenvalue weighted by atomic mass is 10.1. The maximum Gasteiger partial charge on any atom is 0.245 e. The number of hydrogen-bond acceptors (Lipinski definition) is 4. The summed E-state index contributed by atoms with van der Waals surface area (Å²) in [4.78, 5) is 17.4. The Kier molecular flexibility index (Phi) is 4.19. The van der Waals surface area contributed by atoms with Gasteiger partial charge in [-0.15, -0.1) is 6.58 Å². The molecule has 2 aromatic rings. The van der Waals surface area contributed by atoms with Crippen molar-refractivity contribution >= 4 is 33.1 Å². The van der Waals surface area contributed by atoms with Gasteiger partial charge in [-0.1, -0.05) is 6.08 Å². The molecule has 3 rings (SSSR count). The number of aromatic nitrogens is 1. The van der Waals surface area contributed by atoms with Crippen LogP contribution in [0, 0.1) is 0 Å². The second-order valence-corrected chi connectivity index (χ2v) is 7.38. The topological polar surface area (TPSA) is 73.5 Å². The maximum atomic E-state index is 12.3. The van der Waals surface area contributed by atoms with E-state index in [0.29, 0.717) is 5.69 Å². The van der Waals surface area contributed by atoms with Crippen LogP contribution in [0.5, 0.6) is 0 Å². The largest absolute Gasteiger partial charge is 0.348 e. The lowest BCUT2D eigenvalue weighted by Gasteiger charge is -2.23. The predicted octanol–water partition coefficient (Wildman–Crippen LogP) is 2.58. The van der Waals surface area contributed by atoms with E-state index in [4.69, 9.17) is 0 Å². The monoisotopic (exact) mass is 345 g/mol. The molecule has 1 amide bonds. The highest BCUT2D eigenvalue weighted by Crippen LogP contribution is 2.35. The first kappa shape index (κ1) is 16.3. The number of sulfonamides is 1. The van der Waals surface area contributed by atoms with Crippen molar-refractivity contribution < 1.29 is 13.2 Å². The zero-order valence-corrected chi connectivity index (χ0v) is 14.2. The number of benzene rings is 1. The number of H-pyrrole nitrogens is 1. The molecule has 1 aliphatic heterocycles. The van der Waals surface area contributed by atoms with Crippen LogP contribution in [0.3, 0.4) is 0 Å². The van der Waals surface area contributed by atoms with E-state index >= 15 is 0 Å². The van der Waals surface area contributed by atoms with E-state index in [1.54, 1.807) is 6.07 Å². The number of nitrogens with one attached hydrogen (secondary N) is 1. The minimum Gasteiger partial charge on any atom is -0.348 e. The normalized spacial score (nSPS) is 13.9. The Hall–Kier alpha value is -2.54. The summed E-state index contributed by atoms with van der Waals surface area (Å²) >= 11 is 0. The van der Waals surface area contributed by atoms with Crippen LogP contribution in [0.1, 0.15) is 12.5 Å². The van der Waals surface area contributed by atoms with Crippen LogP contribution in [-0.2, 0) is 21.2 Å². The van der Waals surface area contributed by atoms with Crippen LogP contribution in [0.15, 0.2) is 49.2 Å². The molecule has 0 bridgehead atoms. The Balaban J connectivity index is 2.00. The molecule has 1 N–H and O–H groups in total. The van der Waals surface area contributed by atoms with Crippen LogP contribution in [-0.4, -0.2) is 31.6 Å². The number of hydrogen-bond donors (Lipinski definition) is 1. The summed E-state index contributed by atoms with van der Waals surface area (Å²) in [6.45, 7) is 6.22. The third-order valence-corrected chi connectivity index (χ3v) is 5.57. The molecule has 6 nitrogen and oxygen atoms in total. The summed E-state index contributed by atoms with van der Waals surface area (Å²) in [5.41, 5.74) is 2.07. The van der Waals surface area contributed by atoms with Gasteiger partial charge in [0, 0.05) is 18.4 Å². The van der Waals surface area contributed by atoms with Crippen LogP contribution in [0.25, 0.3) is 0 Å². The van der Waals surface area contributed by atoms with Crippen molar-refractivity contribution in [1.29, 1.82) is 0 Å². The van der Waals surface area contributed by atoms with Crippen molar-refractivity contribution in [2.45, 2.75) is 13.3 Å². The first-order valence-electron chi connectivity index (χ1n) is 7.68. The van der Waals surface area contributed by atoms with E-state index in [1.165, 1.54) is 6.08 Å². The van der Waals surface area contributed by atoms with Gasteiger partial charge in [0.2, 0.25) is 15.9 Å². The number of aromatic amines is 1. The molecule has 0 fully saturated rings. The zero-order valence-electron chi connectivity index (χ0n) is 13.4. The highest BCUT2D eigenvalue weighted by atomic mass is 32.2. The zero-order chi connectivity index (χ0) is 17.3. The van der Waals surface area contributed by atoms with E-state index in [2.05, 4.69) is 16.5 Å². The van der Waals surface area contributed by atoms with Crippen molar-refractivity contribution in [1.82, 2.24) is 4.98 Å². The maximum absolute atomic E-state index is 12.3. The van der Waals surface area contributed by atoms with Gasteiger partial charge in [-0.3, -0.25) is 4.79 Å². The van der Waals surface area contributed by atoms with Gasteiger partial charge >= 0.3 is 0 Å². The summed E-state index contributed by atoms with van der Waals surface area (Å²) in [5, 5.41) is 0. The fourth-order valence-electron chi connectivity index (χ4n) is 2.96. The van der Waals surface area contributed by atoms with E-state index in [0.717, 1.165) is 27.9 Å². The number of carbonyl (C=O) groups is 1. The number of nitrogens with zero attached hydrogens (tertiary/aromatic N) is 2. The first-order valence-corrected chi connectivity index (χ1v) is 9.29. The molecule has 0 atom stereocenters. The van der Waals surface area contributed by atoms with Crippen LogP contribution in [0.2, 0.25) is 0 Å². The van der Waals surface area contributed by atoms with Gasteiger partial charge in [0.15, 0.2) is 0 Å². The molecule has 126 valence electrons. The smallest absolute Gasteiger partial charge is 0.245 e. The minimum absolute atomic E-state index is 0.0851. The van der Waals surface area contributed by atoms with Gasteiger partial charge in [0.25, 0.3) is 0 Å². The quantitative estimate of drug-likeness (QED) is 0.817. The number of anilines is 3. The third-order valence-electron chi connectivity index (χ3n) is 3.96. The fourth-order valence-corrected chi connectivity index (χ4v) is 4.26.